The average Bonchev–Trinajstić information content (AvgIpc) is 2.57. The molecule has 3 rings (SSSR count). The zero-order valence-electron chi connectivity index (χ0n) is 14.1. The van der Waals surface area contributed by atoms with E-state index in [1.807, 2.05) is 30.3 Å². The molecule has 1 aliphatic heterocycles. The molecule has 0 radical (unpaired) electrons. The summed E-state index contributed by atoms with van der Waals surface area (Å²) >= 11 is 0. The van der Waals surface area contributed by atoms with Crippen molar-refractivity contribution in [3.8, 4) is 0 Å². The van der Waals surface area contributed by atoms with Crippen molar-refractivity contribution in [2.24, 2.45) is 0 Å². The lowest BCUT2D eigenvalue weighted by atomic mass is 9.93. The van der Waals surface area contributed by atoms with Crippen LogP contribution in [-0.2, 0) is 9.59 Å². The summed E-state index contributed by atoms with van der Waals surface area (Å²) < 4.78 is 13.9. The third kappa shape index (κ3) is 3.60. The largest absolute Gasteiger partial charge is 0.324 e. The third-order valence-electron chi connectivity index (χ3n) is 4.25. The van der Waals surface area contributed by atoms with Gasteiger partial charge in [-0.05, 0) is 41.8 Å². The summed E-state index contributed by atoms with van der Waals surface area (Å²) in [4.78, 5) is 25.9. The Morgan fingerprint density at radius 2 is 1.96 bits per heavy atom. The molecular formula is C20H19FN2O2. The lowest BCUT2D eigenvalue weighted by molar-refractivity contribution is -0.129. The van der Waals surface area contributed by atoms with E-state index in [1.165, 1.54) is 17.9 Å². The van der Waals surface area contributed by atoms with Gasteiger partial charge in [0.1, 0.15) is 5.82 Å². The fraction of sp³-hybridized carbons (Fsp3) is 0.200. The van der Waals surface area contributed by atoms with Crippen molar-refractivity contribution in [1.29, 1.82) is 0 Å². The van der Waals surface area contributed by atoms with E-state index in [1.54, 1.807) is 25.3 Å². The highest BCUT2D eigenvalue weighted by molar-refractivity contribution is 5.92. The summed E-state index contributed by atoms with van der Waals surface area (Å²) in [6.07, 6.45) is 3.59. The second-order valence-electron chi connectivity index (χ2n) is 6.12. The van der Waals surface area contributed by atoms with Gasteiger partial charge in [0.25, 0.3) is 0 Å². The van der Waals surface area contributed by atoms with Crippen LogP contribution in [0.5, 0.6) is 0 Å². The fourth-order valence-corrected chi connectivity index (χ4v) is 3.01. The van der Waals surface area contributed by atoms with Gasteiger partial charge >= 0.3 is 0 Å². The molecule has 25 heavy (non-hydrogen) atoms. The van der Waals surface area contributed by atoms with Crippen LogP contribution in [0.3, 0.4) is 0 Å². The van der Waals surface area contributed by atoms with Gasteiger partial charge in [0.2, 0.25) is 11.8 Å². The van der Waals surface area contributed by atoms with Crippen LogP contribution < -0.4 is 5.32 Å². The maximum atomic E-state index is 13.9. The summed E-state index contributed by atoms with van der Waals surface area (Å²) in [7, 11) is 0. The molecule has 2 aromatic rings. The first-order valence-corrected chi connectivity index (χ1v) is 8.08. The number of hydrogen-bond acceptors (Lipinski definition) is 2. The van der Waals surface area contributed by atoms with Gasteiger partial charge in [-0.15, -0.1) is 0 Å². The third-order valence-corrected chi connectivity index (χ3v) is 4.25. The van der Waals surface area contributed by atoms with E-state index in [-0.39, 0.29) is 23.9 Å². The molecule has 128 valence electrons. The van der Waals surface area contributed by atoms with Crippen molar-refractivity contribution < 1.29 is 14.0 Å². The lowest BCUT2D eigenvalue weighted by Crippen LogP contribution is -2.33. The summed E-state index contributed by atoms with van der Waals surface area (Å²) in [5, 5.41) is 2.60. The predicted molar refractivity (Wildman–Crippen MR) is 95.1 cm³/mol. The van der Waals surface area contributed by atoms with Crippen molar-refractivity contribution >= 4 is 23.6 Å². The number of fused-ring (bicyclic) bond motifs is 1. The van der Waals surface area contributed by atoms with E-state index in [0.29, 0.717) is 0 Å². The Bertz CT molecular complexity index is 861. The molecule has 1 N–H and O–H groups in total. The first kappa shape index (κ1) is 16.9. The molecule has 0 saturated heterocycles. The first-order chi connectivity index (χ1) is 12.0. The Morgan fingerprint density at radius 3 is 2.68 bits per heavy atom. The Kier molecular flexibility index (Phi) is 4.65. The maximum absolute atomic E-state index is 13.9. The number of benzene rings is 2. The number of nitrogens with one attached hydrogen (secondary N) is 1. The summed E-state index contributed by atoms with van der Waals surface area (Å²) in [6, 6.07) is 11.9. The van der Waals surface area contributed by atoms with Crippen LogP contribution in [-0.4, -0.2) is 16.7 Å². The van der Waals surface area contributed by atoms with Gasteiger partial charge in [0.15, 0.2) is 0 Å². The smallest absolute Gasteiger partial charge is 0.226 e. The molecule has 1 unspecified atom stereocenters. The number of amides is 2. The molecule has 0 fully saturated rings. The molecule has 1 atom stereocenters. The molecule has 0 aliphatic carbocycles. The SMILES string of the molecule is CC(=O)N1C=Cc2ccccc2C1CC(=O)Nc1ccc(C)cc1F. The number of carbonyl (C=O) groups excluding carboxylic acids is 2. The van der Waals surface area contributed by atoms with Gasteiger partial charge < -0.3 is 10.2 Å². The minimum absolute atomic E-state index is 0.0499. The molecule has 4 nitrogen and oxygen atoms in total. The number of carbonyl (C=O) groups is 2. The van der Waals surface area contributed by atoms with Crippen LogP contribution in [0, 0.1) is 12.7 Å². The molecule has 2 amide bonds. The van der Waals surface area contributed by atoms with Crippen LogP contribution in [0.1, 0.15) is 36.1 Å². The quantitative estimate of drug-likeness (QED) is 0.918. The van der Waals surface area contributed by atoms with E-state index >= 15 is 0 Å². The van der Waals surface area contributed by atoms with Crippen molar-refractivity contribution in [3.63, 3.8) is 0 Å². The molecule has 0 bridgehead atoms. The molecular weight excluding hydrogens is 319 g/mol. The van der Waals surface area contributed by atoms with E-state index in [4.69, 9.17) is 0 Å². The lowest BCUT2D eigenvalue weighted by Gasteiger charge is -2.32. The van der Waals surface area contributed by atoms with Gasteiger partial charge in [-0.1, -0.05) is 30.3 Å². The highest BCUT2D eigenvalue weighted by Crippen LogP contribution is 2.33. The van der Waals surface area contributed by atoms with E-state index in [9.17, 15) is 14.0 Å². The molecule has 5 heteroatoms. The van der Waals surface area contributed by atoms with Gasteiger partial charge in [-0.2, -0.15) is 0 Å². The molecule has 2 aromatic carbocycles. The Labute approximate surface area is 146 Å². The summed E-state index contributed by atoms with van der Waals surface area (Å²) in [5.41, 5.74) is 2.80. The molecule has 0 spiro atoms. The number of hydrogen-bond donors (Lipinski definition) is 1. The van der Waals surface area contributed by atoms with Crippen LogP contribution in [0.25, 0.3) is 6.08 Å². The summed E-state index contributed by atoms with van der Waals surface area (Å²) in [6.45, 7) is 3.24. The molecule has 1 aliphatic rings. The Balaban J connectivity index is 1.82. The number of aryl methyl sites for hydroxylation is 1. The Morgan fingerprint density at radius 1 is 1.20 bits per heavy atom. The highest BCUT2D eigenvalue weighted by Gasteiger charge is 2.28. The van der Waals surface area contributed by atoms with Crippen LogP contribution >= 0.6 is 0 Å². The number of nitrogens with zero attached hydrogens (tertiary/aromatic N) is 1. The summed E-state index contributed by atoms with van der Waals surface area (Å²) in [5.74, 6) is -0.963. The maximum Gasteiger partial charge on any atom is 0.226 e. The predicted octanol–water partition coefficient (Wildman–Crippen LogP) is 4.04. The van der Waals surface area contributed by atoms with E-state index < -0.39 is 11.9 Å². The minimum atomic E-state index is -0.472. The molecule has 1 heterocycles. The Hall–Kier alpha value is -2.95. The second kappa shape index (κ2) is 6.89. The average molecular weight is 338 g/mol. The fourth-order valence-electron chi connectivity index (χ4n) is 3.01. The van der Waals surface area contributed by atoms with Crippen LogP contribution in [0.2, 0.25) is 0 Å². The first-order valence-electron chi connectivity index (χ1n) is 8.08. The minimum Gasteiger partial charge on any atom is -0.324 e. The highest BCUT2D eigenvalue weighted by atomic mass is 19.1. The van der Waals surface area contributed by atoms with Crippen molar-refractivity contribution in [3.05, 3.63) is 71.2 Å². The zero-order valence-corrected chi connectivity index (χ0v) is 14.1. The van der Waals surface area contributed by atoms with Gasteiger partial charge in [0.05, 0.1) is 18.2 Å². The number of halogens is 1. The van der Waals surface area contributed by atoms with Crippen molar-refractivity contribution in [1.82, 2.24) is 4.90 Å². The number of anilines is 1. The van der Waals surface area contributed by atoms with Gasteiger partial charge in [0, 0.05) is 13.1 Å². The van der Waals surface area contributed by atoms with E-state index in [0.717, 1.165) is 16.7 Å². The monoisotopic (exact) mass is 338 g/mol. The van der Waals surface area contributed by atoms with E-state index in [2.05, 4.69) is 5.32 Å². The van der Waals surface area contributed by atoms with Crippen LogP contribution in [0.15, 0.2) is 48.7 Å². The van der Waals surface area contributed by atoms with Gasteiger partial charge in [-0.3, -0.25) is 9.59 Å². The van der Waals surface area contributed by atoms with Crippen molar-refractivity contribution in [2.75, 3.05) is 5.32 Å². The zero-order chi connectivity index (χ0) is 18.0. The standard InChI is InChI=1S/C20H19FN2O2/c1-13-7-8-18(17(21)11-13)22-20(25)12-19-16-6-4-3-5-15(16)9-10-23(19)14(2)24/h3-11,19H,12H2,1-2H3,(H,22,25). The topological polar surface area (TPSA) is 49.4 Å². The van der Waals surface area contributed by atoms with Crippen LogP contribution in [0.4, 0.5) is 10.1 Å². The number of rotatable bonds is 3. The molecule has 0 aromatic heterocycles. The van der Waals surface area contributed by atoms with Gasteiger partial charge in [-0.25, -0.2) is 4.39 Å². The van der Waals surface area contributed by atoms with Crippen molar-refractivity contribution in [2.45, 2.75) is 26.3 Å². The normalized spacial score (nSPS) is 15.6. The second-order valence-corrected chi connectivity index (χ2v) is 6.12. The molecule has 0 saturated carbocycles.